The summed E-state index contributed by atoms with van der Waals surface area (Å²) in [5, 5.41) is 12.2. The van der Waals surface area contributed by atoms with Crippen molar-refractivity contribution in [3.8, 4) is 5.75 Å². The van der Waals surface area contributed by atoms with Crippen LogP contribution in [0.1, 0.15) is 46.0 Å². The van der Waals surface area contributed by atoms with E-state index in [0.717, 1.165) is 37.5 Å². The lowest BCUT2D eigenvalue weighted by Gasteiger charge is -2.40. The van der Waals surface area contributed by atoms with Crippen molar-refractivity contribution in [1.82, 2.24) is 4.98 Å². The molecule has 1 saturated carbocycles. The molecule has 0 amide bonds. The third-order valence-electron chi connectivity index (χ3n) is 6.42. The molecule has 28 heavy (non-hydrogen) atoms. The molecule has 0 saturated heterocycles. The van der Waals surface area contributed by atoms with Crippen LogP contribution in [0.5, 0.6) is 5.75 Å². The van der Waals surface area contributed by atoms with Crippen molar-refractivity contribution in [2.24, 2.45) is 5.92 Å². The van der Waals surface area contributed by atoms with E-state index < -0.39 is 8.32 Å². The summed E-state index contributed by atoms with van der Waals surface area (Å²) in [7, 11) is -2.21. The molecule has 1 N–H and O–H groups in total. The second-order valence-electron chi connectivity index (χ2n) is 9.18. The number of aromatic nitrogens is 1. The molecule has 2 aromatic rings. The van der Waals surface area contributed by atoms with Crippen molar-refractivity contribution in [2.75, 3.05) is 0 Å². The standard InChI is InChI=1S/C21H30N2O4Si/c1-21(2,28(3,4)26)14-15-7-9-17(10-8-15)27-20-13-18-16(6-5-11-22-18)12-19(20)23(24)25/h5-6,11-13,15,17,26H,7-10,14H2,1-4H3. The summed E-state index contributed by atoms with van der Waals surface area (Å²) >= 11 is 0. The predicted molar refractivity (Wildman–Crippen MR) is 113 cm³/mol. The molecule has 0 atom stereocenters. The second-order valence-corrected chi connectivity index (χ2v) is 13.7. The Kier molecular flexibility index (Phi) is 5.77. The molecule has 0 spiro atoms. The Labute approximate surface area is 167 Å². The molecule has 1 aromatic heterocycles. The number of hydrogen-bond donors (Lipinski definition) is 1. The normalized spacial score (nSPS) is 20.9. The third-order valence-corrected chi connectivity index (χ3v) is 9.94. The summed E-state index contributed by atoms with van der Waals surface area (Å²) in [6, 6.07) is 6.81. The first kappa shape index (κ1) is 20.7. The number of ether oxygens (including phenoxy) is 1. The van der Waals surface area contributed by atoms with Crippen LogP contribution in [0.25, 0.3) is 10.9 Å². The zero-order chi connectivity index (χ0) is 20.5. The molecule has 1 aromatic carbocycles. The number of pyridine rings is 1. The molecule has 6 nitrogen and oxygen atoms in total. The molecule has 1 aliphatic rings. The van der Waals surface area contributed by atoms with Gasteiger partial charge in [-0.15, -0.1) is 0 Å². The molecule has 0 bridgehead atoms. The van der Waals surface area contributed by atoms with Crippen LogP contribution in [-0.4, -0.2) is 29.1 Å². The Balaban J connectivity index is 1.68. The highest BCUT2D eigenvalue weighted by Crippen LogP contribution is 2.45. The number of nitrogens with zero attached hydrogens (tertiary/aromatic N) is 2. The van der Waals surface area contributed by atoms with Gasteiger partial charge < -0.3 is 9.53 Å². The van der Waals surface area contributed by atoms with Gasteiger partial charge in [-0.3, -0.25) is 15.1 Å². The molecule has 0 aliphatic heterocycles. The zero-order valence-electron chi connectivity index (χ0n) is 17.1. The Morgan fingerprint density at radius 2 is 1.96 bits per heavy atom. The lowest BCUT2D eigenvalue weighted by atomic mass is 9.82. The van der Waals surface area contributed by atoms with Crippen molar-refractivity contribution in [3.63, 3.8) is 0 Å². The molecule has 152 valence electrons. The van der Waals surface area contributed by atoms with Gasteiger partial charge in [-0.25, -0.2) is 0 Å². The minimum Gasteiger partial charge on any atom is -0.483 e. The first-order valence-corrected chi connectivity index (χ1v) is 12.9. The molecule has 1 aliphatic carbocycles. The van der Waals surface area contributed by atoms with E-state index in [1.807, 2.05) is 19.2 Å². The van der Waals surface area contributed by atoms with Gasteiger partial charge in [0.1, 0.15) is 0 Å². The van der Waals surface area contributed by atoms with Crippen LogP contribution in [0, 0.1) is 16.0 Å². The summed E-state index contributed by atoms with van der Waals surface area (Å²) in [6.45, 7) is 8.36. The molecule has 1 heterocycles. The molecule has 0 radical (unpaired) electrons. The van der Waals surface area contributed by atoms with Gasteiger partial charge in [0, 0.05) is 23.7 Å². The van der Waals surface area contributed by atoms with Crippen LogP contribution in [-0.2, 0) is 0 Å². The van der Waals surface area contributed by atoms with Crippen LogP contribution in [0.15, 0.2) is 30.5 Å². The Hall–Kier alpha value is -1.99. The molecular weight excluding hydrogens is 372 g/mol. The highest BCUT2D eigenvalue weighted by atomic mass is 28.4. The van der Waals surface area contributed by atoms with Crippen LogP contribution in [0.2, 0.25) is 18.1 Å². The number of nitro groups is 1. The van der Waals surface area contributed by atoms with Gasteiger partial charge in [-0.1, -0.05) is 19.9 Å². The van der Waals surface area contributed by atoms with E-state index in [-0.39, 0.29) is 21.8 Å². The Morgan fingerprint density at radius 3 is 2.57 bits per heavy atom. The van der Waals surface area contributed by atoms with Crippen molar-refractivity contribution in [1.29, 1.82) is 0 Å². The van der Waals surface area contributed by atoms with Crippen molar-refractivity contribution in [3.05, 3.63) is 40.6 Å². The summed E-state index contributed by atoms with van der Waals surface area (Å²) in [4.78, 5) is 25.9. The minimum atomic E-state index is -2.21. The summed E-state index contributed by atoms with van der Waals surface area (Å²) in [6.07, 6.45) is 6.50. The van der Waals surface area contributed by atoms with Crippen molar-refractivity contribution < 1.29 is 14.5 Å². The van der Waals surface area contributed by atoms with Crippen LogP contribution in [0.4, 0.5) is 5.69 Å². The van der Waals surface area contributed by atoms with Gasteiger partial charge in [0.2, 0.25) is 0 Å². The average molecular weight is 403 g/mol. The Morgan fingerprint density at radius 1 is 1.29 bits per heavy atom. The van der Waals surface area contributed by atoms with E-state index in [9.17, 15) is 14.9 Å². The average Bonchev–Trinajstić information content (AvgIpc) is 2.61. The van der Waals surface area contributed by atoms with E-state index in [4.69, 9.17) is 4.74 Å². The summed E-state index contributed by atoms with van der Waals surface area (Å²) in [5.41, 5.74) is 0.699. The van der Waals surface area contributed by atoms with Gasteiger partial charge in [0.15, 0.2) is 14.1 Å². The summed E-state index contributed by atoms with van der Waals surface area (Å²) in [5.74, 6) is 0.880. The predicted octanol–water partition coefficient (Wildman–Crippen LogP) is 5.45. The van der Waals surface area contributed by atoms with Gasteiger partial charge in [-0.05, 0) is 62.2 Å². The zero-order valence-corrected chi connectivity index (χ0v) is 18.1. The van der Waals surface area contributed by atoms with Gasteiger partial charge in [0.05, 0.1) is 16.5 Å². The molecule has 7 heteroatoms. The van der Waals surface area contributed by atoms with Gasteiger partial charge in [0.25, 0.3) is 0 Å². The first-order chi connectivity index (χ1) is 13.1. The van der Waals surface area contributed by atoms with Gasteiger partial charge in [-0.2, -0.15) is 0 Å². The highest BCUT2D eigenvalue weighted by molar-refractivity contribution is 6.72. The lowest BCUT2D eigenvalue weighted by molar-refractivity contribution is -0.386. The molecule has 0 unspecified atom stereocenters. The van der Waals surface area contributed by atoms with Crippen LogP contribution < -0.4 is 4.74 Å². The third kappa shape index (κ3) is 4.52. The van der Waals surface area contributed by atoms with E-state index in [2.05, 4.69) is 18.8 Å². The number of benzene rings is 1. The maximum atomic E-state index is 11.5. The number of fused-ring (bicyclic) bond motifs is 1. The number of rotatable bonds is 6. The first-order valence-electron chi connectivity index (χ1n) is 9.99. The van der Waals surface area contributed by atoms with E-state index in [1.165, 1.54) is 0 Å². The van der Waals surface area contributed by atoms with Crippen molar-refractivity contribution >= 4 is 24.9 Å². The van der Waals surface area contributed by atoms with Crippen LogP contribution >= 0.6 is 0 Å². The maximum absolute atomic E-state index is 11.5. The molecule has 1 fully saturated rings. The fourth-order valence-corrected chi connectivity index (χ4v) is 4.72. The highest BCUT2D eigenvalue weighted by Gasteiger charge is 2.40. The quantitative estimate of drug-likeness (QED) is 0.394. The van der Waals surface area contributed by atoms with E-state index in [1.54, 1.807) is 24.4 Å². The SMILES string of the molecule is CC(C)(CC1CCC(Oc2cc3ncccc3cc2[N+](=O)[O-])CC1)[Si](C)(C)O. The molecule has 3 rings (SSSR count). The number of nitro benzene ring substituents is 1. The number of hydrogen-bond acceptors (Lipinski definition) is 5. The monoisotopic (exact) mass is 402 g/mol. The lowest BCUT2D eigenvalue weighted by Crippen LogP contribution is -2.40. The largest absolute Gasteiger partial charge is 0.483 e. The fourth-order valence-electron chi connectivity index (χ4n) is 3.93. The topological polar surface area (TPSA) is 85.5 Å². The van der Waals surface area contributed by atoms with E-state index in [0.29, 0.717) is 17.2 Å². The second kappa shape index (κ2) is 7.79. The summed E-state index contributed by atoms with van der Waals surface area (Å²) < 4.78 is 6.08. The smallest absolute Gasteiger partial charge is 0.311 e. The van der Waals surface area contributed by atoms with Crippen LogP contribution in [0.3, 0.4) is 0 Å². The maximum Gasteiger partial charge on any atom is 0.311 e. The fraction of sp³-hybridized carbons (Fsp3) is 0.571. The van der Waals surface area contributed by atoms with Gasteiger partial charge >= 0.3 is 5.69 Å². The van der Waals surface area contributed by atoms with Crippen molar-refractivity contribution in [2.45, 2.75) is 70.2 Å². The molecular formula is C21H30N2O4Si. The van der Waals surface area contributed by atoms with E-state index >= 15 is 0 Å². The Bertz CT molecular complexity index is 855. The minimum absolute atomic E-state index is 0.00298.